The lowest BCUT2D eigenvalue weighted by molar-refractivity contribution is 0.475. The molecule has 0 saturated carbocycles. The zero-order chi connectivity index (χ0) is 21.1. The molecule has 0 heterocycles. The van der Waals surface area contributed by atoms with Crippen LogP contribution in [0, 0.1) is 0 Å². The summed E-state index contributed by atoms with van der Waals surface area (Å²) in [7, 11) is 0. The SMILES string of the molecule is C/C=C/c1c(N)c(Nc2ccc(O)cc2Cl)cc(Nc2ccc(O)cc2Cl)c1O. The van der Waals surface area contributed by atoms with Crippen molar-refractivity contribution in [3.05, 3.63) is 64.1 Å². The number of phenolic OH excluding ortho intramolecular Hbond substituents is 3. The van der Waals surface area contributed by atoms with Crippen LogP contribution in [0.1, 0.15) is 12.5 Å². The first kappa shape index (κ1) is 20.5. The summed E-state index contributed by atoms with van der Waals surface area (Å²) < 4.78 is 0. The minimum Gasteiger partial charge on any atom is -0.508 e. The topological polar surface area (TPSA) is 111 Å². The van der Waals surface area contributed by atoms with Gasteiger partial charge in [0, 0.05) is 17.7 Å². The maximum Gasteiger partial charge on any atom is 0.148 e. The average Bonchev–Trinajstić information content (AvgIpc) is 2.66. The van der Waals surface area contributed by atoms with Gasteiger partial charge in [-0.1, -0.05) is 35.4 Å². The average molecular weight is 432 g/mol. The van der Waals surface area contributed by atoms with Crippen LogP contribution in [0.25, 0.3) is 6.08 Å². The lowest BCUT2D eigenvalue weighted by Gasteiger charge is -2.18. The molecule has 0 aliphatic heterocycles. The molecule has 150 valence electrons. The summed E-state index contributed by atoms with van der Waals surface area (Å²) in [4.78, 5) is 0. The molecule has 0 amide bonds. The molecule has 0 saturated heterocycles. The van der Waals surface area contributed by atoms with Gasteiger partial charge >= 0.3 is 0 Å². The van der Waals surface area contributed by atoms with E-state index in [0.717, 1.165) is 0 Å². The standard InChI is InChI=1S/C21H19Cl2N3O3/c1-2-3-13-20(24)18(25-16-6-4-11(27)8-14(16)22)10-19(21(13)29)26-17-7-5-12(28)9-15(17)23/h2-10,25-29H,24H2,1H3/b3-2+. The Morgan fingerprint density at radius 2 is 1.31 bits per heavy atom. The van der Waals surface area contributed by atoms with Crippen molar-refractivity contribution in [2.24, 2.45) is 0 Å². The third kappa shape index (κ3) is 4.45. The number of aromatic hydroxyl groups is 3. The van der Waals surface area contributed by atoms with Crippen LogP contribution >= 0.6 is 23.2 Å². The van der Waals surface area contributed by atoms with Crippen molar-refractivity contribution in [1.82, 2.24) is 0 Å². The summed E-state index contributed by atoms with van der Waals surface area (Å²) in [5.41, 5.74) is 8.83. The van der Waals surface area contributed by atoms with Crippen molar-refractivity contribution in [1.29, 1.82) is 0 Å². The summed E-state index contributed by atoms with van der Waals surface area (Å²) in [6.07, 6.45) is 3.43. The zero-order valence-corrected chi connectivity index (χ0v) is 16.9. The minimum absolute atomic E-state index is 0.0287. The highest BCUT2D eigenvalue weighted by atomic mass is 35.5. The highest BCUT2D eigenvalue weighted by Gasteiger charge is 2.16. The maximum atomic E-state index is 10.7. The predicted molar refractivity (Wildman–Crippen MR) is 120 cm³/mol. The summed E-state index contributed by atoms with van der Waals surface area (Å²) in [6, 6.07) is 10.6. The number of allylic oxidation sites excluding steroid dienone is 1. The Morgan fingerprint density at radius 3 is 1.79 bits per heavy atom. The van der Waals surface area contributed by atoms with E-state index in [0.29, 0.717) is 39.0 Å². The van der Waals surface area contributed by atoms with E-state index in [-0.39, 0.29) is 22.3 Å². The van der Waals surface area contributed by atoms with Crippen LogP contribution in [0.5, 0.6) is 17.2 Å². The quantitative estimate of drug-likeness (QED) is 0.162. The molecule has 3 aromatic rings. The van der Waals surface area contributed by atoms with Crippen molar-refractivity contribution >= 4 is 57.7 Å². The number of nitrogen functional groups attached to an aromatic ring is 1. The fourth-order valence-electron chi connectivity index (χ4n) is 2.74. The summed E-state index contributed by atoms with van der Waals surface area (Å²) >= 11 is 12.4. The fourth-order valence-corrected chi connectivity index (χ4v) is 3.19. The monoisotopic (exact) mass is 431 g/mol. The molecule has 0 spiro atoms. The van der Waals surface area contributed by atoms with Crippen molar-refractivity contribution in [3.8, 4) is 17.2 Å². The summed E-state index contributed by atoms with van der Waals surface area (Å²) in [5.74, 6) is 0.00580. The summed E-state index contributed by atoms with van der Waals surface area (Å²) in [5, 5.41) is 36.5. The molecule has 0 unspecified atom stereocenters. The normalized spacial score (nSPS) is 11.0. The van der Waals surface area contributed by atoms with Gasteiger partial charge in [-0.2, -0.15) is 0 Å². The Hall–Kier alpha value is -3.22. The Balaban J connectivity index is 2.08. The van der Waals surface area contributed by atoms with Gasteiger partial charge in [-0.25, -0.2) is 0 Å². The van der Waals surface area contributed by atoms with Gasteiger partial charge in [0.25, 0.3) is 0 Å². The first-order chi connectivity index (χ1) is 13.8. The molecule has 0 bridgehead atoms. The molecular formula is C21H19Cl2N3O3. The Morgan fingerprint density at radius 1 is 0.793 bits per heavy atom. The van der Waals surface area contributed by atoms with Gasteiger partial charge in [-0.15, -0.1) is 0 Å². The molecule has 0 atom stereocenters. The van der Waals surface area contributed by atoms with Gasteiger partial charge in [0.15, 0.2) is 0 Å². The largest absolute Gasteiger partial charge is 0.508 e. The van der Waals surface area contributed by atoms with Gasteiger partial charge in [0.2, 0.25) is 0 Å². The van der Waals surface area contributed by atoms with Crippen LogP contribution in [0.15, 0.2) is 48.5 Å². The van der Waals surface area contributed by atoms with Crippen LogP contribution in [0.3, 0.4) is 0 Å². The van der Waals surface area contributed by atoms with Gasteiger partial charge in [0.05, 0.1) is 38.5 Å². The molecule has 29 heavy (non-hydrogen) atoms. The smallest absolute Gasteiger partial charge is 0.148 e. The maximum absolute atomic E-state index is 10.7. The number of phenols is 3. The molecule has 7 N–H and O–H groups in total. The minimum atomic E-state index is -0.0629. The first-order valence-corrected chi connectivity index (χ1v) is 9.35. The van der Waals surface area contributed by atoms with Crippen molar-refractivity contribution in [2.45, 2.75) is 6.92 Å². The van der Waals surface area contributed by atoms with Gasteiger partial charge < -0.3 is 31.7 Å². The van der Waals surface area contributed by atoms with E-state index < -0.39 is 0 Å². The molecule has 0 radical (unpaired) electrons. The number of anilines is 5. The Bertz CT molecular complexity index is 1020. The van der Waals surface area contributed by atoms with Crippen molar-refractivity contribution in [3.63, 3.8) is 0 Å². The van der Waals surface area contributed by atoms with E-state index in [1.165, 1.54) is 24.3 Å². The summed E-state index contributed by atoms with van der Waals surface area (Å²) in [6.45, 7) is 1.81. The molecule has 0 fully saturated rings. The second-order valence-electron chi connectivity index (χ2n) is 6.23. The number of hydrogen-bond donors (Lipinski definition) is 6. The van der Waals surface area contributed by atoms with Crippen LogP contribution < -0.4 is 16.4 Å². The van der Waals surface area contributed by atoms with E-state index in [4.69, 9.17) is 28.9 Å². The number of halogens is 2. The molecule has 8 heteroatoms. The van der Waals surface area contributed by atoms with E-state index in [9.17, 15) is 15.3 Å². The number of hydrogen-bond acceptors (Lipinski definition) is 6. The number of benzene rings is 3. The van der Waals surface area contributed by atoms with Gasteiger partial charge in [0.1, 0.15) is 17.2 Å². The van der Waals surface area contributed by atoms with Crippen LogP contribution in [-0.4, -0.2) is 15.3 Å². The number of nitrogens with two attached hydrogens (primary N) is 1. The Kier molecular flexibility index (Phi) is 5.96. The Labute approximate surface area is 177 Å². The molecule has 6 nitrogen and oxygen atoms in total. The number of rotatable bonds is 5. The highest BCUT2D eigenvalue weighted by molar-refractivity contribution is 6.34. The van der Waals surface area contributed by atoms with Crippen LogP contribution in [-0.2, 0) is 0 Å². The molecule has 3 rings (SSSR count). The lowest BCUT2D eigenvalue weighted by Crippen LogP contribution is -2.02. The zero-order valence-electron chi connectivity index (χ0n) is 15.4. The molecule has 0 aliphatic carbocycles. The second kappa shape index (κ2) is 8.43. The van der Waals surface area contributed by atoms with E-state index in [2.05, 4.69) is 10.6 Å². The number of nitrogens with one attached hydrogen (secondary N) is 2. The van der Waals surface area contributed by atoms with Crippen LogP contribution in [0.2, 0.25) is 10.0 Å². The molecule has 0 aliphatic rings. The van der Waals surface area contributed by atoms with Crippen molar-refractivity contribution < 1.29 is 15.3 Å². The molecular weight excluding hydrogens is 413 g/mol. The van der Waals surface area contributed by atoms with Gasteiger partial charge in [-0.05, 0) is 37.3 Å². The third-order valence-electron chi connectivity index (χ3n) is 4.16. The third-order valence-corrected chi connectivity index (χ3v) is 4.78. The lowest BCUT2D eigenvalue weighted by atomic mass is 10.1. The molecule has 0 aromatic heterocycles. The second-order valence-corrected chi connectivity index (χ2v) is 7.04. The van der Waals surface area contributed by atoms with E-state index >= 15 is 0 Å². The molecule has 3 aromatic carbocycles. The highest BCUT2D eigenvalue weighted by Crippen LogP contribution is 2.43. The van der Waals surface area contributed by atoms with E-state index in [1.54, 1.807) is 37.3 Å². The fraction of sp³-hybridized carbons (Fsp3) is 0.0476. The predicted octanol–water partition coefficient (Wildman–Crippen LogP) is 6.21. The van der Waals surface area contributed by atoms with E-state index in [1.807, 2.05) is 0 Å². The first-order valence-electron chi connectivity index (χ1n) is 8.59. The van der Waals surface area contributed by atoms with Crippen molar-refractivity contribution in [2.75, 3.05) is 16.4 Å². The van der Waals surface area contributed by atoms with Crippen LogP contribution in [0.4, 0.5) is 28.4 Å². The van der Waals surface area contributed by atoms with Gasteiger partial charge in [-0.3, -0.25) is 0 Å².